The number of nitrogens with one attached hydrogen (secondary N) is 1. The molecule has 0 saturated heterocycles. The van der Waals surface area contributed by atoms with Crippen LogP contribution in [0.3, 0.4) is 0 Å². The van der Waals surface area contributed by atoms with Crippen molar-refractivity contribution in [2.24, 2.45) is 0 Å². The number of aromatic carboxylic acids is 1. The van der Waals surface area contributed by atoms with Crippen molar-refractivity contribution < 1.29 is 27.5 Å². The number of fused-ring (bicyclic) bond motifs is 2. The van der Waals surface area contributed by atoms with Gasteiger partial charge >= 0.3 is 5.97 Å². The highest BCUT2D eigenvalue weighted by atomic mass is 35.5. The van der Waals surface area contributed by atoms with E-state index < -0.39 is 32.1 Å². The summed E-state index contributed by atoms with van der Waals surface area (Å²) < 4.78 is 41.5. The highest BCUT2D eigenvalue weighted by molar-refractivity contribution is 7.92. The lowest BCUT2D eigenvalue weighted by Gasteiger charge is -2.37. The first kappa shape index (κ1) is 18.9. The fourth-order valence-corrected chi connectivity index (χ4v) is 5.26. The maximum atomic E-state index is 14.1. The normalized spacial score (nSPS) is 17.3. The highest BCUT2D eigenvalue weighted by Crippen LogP contribution is 2.51. The Kier molecular flexibility index (Phi) is 4.24. The first-order chi connectivity index (χ1) is 13.1. The van der Waals surface area contributed by atoms with Crippen LogP contribution in [0.4, 0.5) is 10.1 Å². The monoisotopic (exact) mass is 423 g/mol. The second-order valence-electron chi connectivity index (χ2n) is 7.07. The molecule has 6 nitrogen and oxygen atoms in total. The molecule has 1 saturated carbocycles. The van der Waals surface area contributed by atoms with E-state index in [4.69, 9.17) is 11.6 Å². The third-order valence-corrected chi connectivity index (χ3v) is 7.16. The number of halogens is 2. The van der Waals surface area contributed by atoms with Crippen molar-refractivity contribution in [3.05, 3.63) is 57.9 Å². The van der Waals surface area contributed by atoms with E-state index in [-0.39, 0.29) is 28.5 Å². The van der Waals surface area contributed by atoms with Gasteiger partial charge in [-0.15, -0.1) is 0 Å². The van der Waals surface area contributed by atoms with Crippen molar-refractivity contribution in [2.45, 2.75) is 36.0 Å². The number of benzene rings is 2. The molecular weight excluding hydrogens is 409 g/mol. The number of carbonyl (C=O) groups is 2. The minimum atomic E-state index is -4.32. The lowest BCUT2D eigenvalue weighted by molar-refractivity contribution is -0.125. The highest BCUT2D eigenvalue weighted by Gasteiger charge is 2.51. The molecule has 9 heteroatoms. The maximum absolute atomic E-state index is 14.1. The molecule has 2 N–H and O–H groups in total. The summed E-state index contributed by atoms with van der Waals surface area (Å²) in [6, 6.07) is 5.81. The van der Waals surface area contributed by atoms with Crippen LogP contribution in [-0.2, 0) is 26.7 Å². The second-order valence-corrected chi connectivity index (χ2v) is 9.16. The molecule has 0 atom stereocenters. The Hall–Kier alpha value is -2.45. The van der Waals surface area contributed by atoms with Gasteiger partial charge < -0.3 is 5.11 Å². The number of carbonyl (C=O) groups excluding carboxylic acids is 1. The number of rotatable bonds is 4. The molecular formula is C19H15ClFNO5S. The number of Topliss-reactive ketones (excluding diaryl/α,β-unsaturated/α-hetero) is 1. The number of carboxylic acids is 1. The minimum Gasteiger partial charge on any atom is -0.478 e. The van der Waals surface area contributed by atoms with Gasteiger partial charge in [0.05, 0.1) is 16.7 Å². The van der Waals surface area contributed by atoms with Crippen molar-refractivity contribution in [1.82, 2.24) is 0 Å². The molecule has 0 heterocycles. The van der Waals surface area contributed by atoms with Crippen LogP contribution in [0.5, 0.6) is 0 Å². The predicted molar refractivity (Wildman–Crippen MR) is 99.9 cm³/mol. The van der Waals surface area contributed by atoms with Crippen molar-refractivity contribution in [3.63, 3.8) is 0 Å². The number of hydrogen-bond donors (Lipinski definition) is 2. The smallest absolute Gasteiger partial charge is 0.336 e. The molecule has 0 bridgehead atoms. The summed E-state index contributed by atoms with van der Waals surface area (Å²) in [5, 5.41) is 9.60. The third kappa shape index (κ3) is 2.79. The van der Waals surface area contributed by atoms with E-state index in [9.17, 15) is 27.5 Å². The fraction of sp³-hybridized carbons (Fsp3) is 0.263. The molecule has 2 aromatic rings. The van der Waals surface area contributed by atoms with Crippen LogP contribution < -0.4 is 4.72 Å². The van der Waals surface area contributed by atoms with Crippen LogP contribution in [0.2, 0.25) is 5.02 Å². The summed E-state index contributed by atoms with van der Waals surface area (Å²) in [7, 11) is -4.32. The van der Waals surface area contributed by atoms with Crippen LogP contribution in [0.1, 0.15) is 40.7 Å². The van der Waals surface area contributed by atoms with Gasteiger partial charge in [-0.05, 0) is 54.3 Å². The Labute approximate surface area is 165 Å². The summed E-state index contributed by atoms with van der Waals surface area (Å²) >= 11 is 5.66. The van der Waals surface area contributed by atoms with E-state index >= 15 is 0 Å². The van der Waals surface area contributed by atoms with Gasteiger partial charge in [-0.25, -0.2) is 17.6 Å². The molecule has 1 fully saturated rings. The molecule has 0 radical (unpaired) electrons. The van der Waals surface area contributed by atoms with Gasteiger partial charge in [-0.3, -0.25) is 9.52 Å². The molecule has 0 aromatic heterocycles. The number of anilines is 1. The zero-order valence-corrected chi connectivity index (χ0v) is 16.0. The Morgan fingerprint density at radius 1 is 1.21 bits per heavy atom. The minimum absolute atomic E-state index is 0.0218. The van der Waals surface area contributed by atoms with Crippen LogP contribution in [0.15, 0.2) is 35.2 Å². The van der Waals surface area contributed by atoms with Crippen molar-refractivity contribution in [1.29, 1.82) is 0 Å². The second kappa shape index (κ2) is 6.28. The topological polar surface area (TPSA) is 101 Å². The number of carboxylic acid groups (broad SMARTS) is 1. The van der Waals surface area contributed by atoms with Crippen LogP contribution in [-0.4, -0.2) is 25.3 Å². The summed E-state index contributed by atoms with van der Waals surface area (Å²) in [5.74, 6) is -2.32. The Balaban J connectivity index is 1.80. The SMILES string of the molecule is O=C(O)c1cc(NS(=O)(=O)c2ccc(Cl)cc2F)cc2c1CC(=O)C21CCC1. The van der Waals surface area contributed by atoms with Gasteiger partial charge in [0.1, 0.15) is 16.5 Å². The van der Waals surface area contributed by atoms with Gasteiger partial charge in [0, 0.05) is 11.4 Å². The van der Waals surface area contributed by atoms with E-state index in [0.717, 1.165) is 24.6 Å². The van der Waals surface area contributed by atoms with Crippen molar-refractivity contribution >= 4 is 39.1 Å². The van der Waals surface area contributed by atoms with E-state index in [1.807, 2.05) is 0 Å². The van der Waals surface area contributed by atoms with Gasteiger partial charge in [-0.2, -0.15) is 0 Å². The zero-order chi connectivity index (χ0) is 20.3. The summed E-state index contributed by atoms with van der Waals surface area (Å²) in [6.45, 7) is 0. The van der Waals surface area contributed by atoms with Crippen LogP contribution in [0.25, 0.3) is 0 Å². The van der Waals surface area contributed by atoms with Crippen LogP contribution in [0, 0.1) is 5.82 Å². The van der Waals surface area contributed by atoms with Crippen molar-refractivity contribution in [3.8, 4) is 0 Å². The van der Waals surface area contributed by atoms with Gasteiger partial charge in [0.25, 0.3) is 10.0 Å². The molecule has 0 aliphatic heterocycles. The van der Waals surface area contributed by atoms with E-state index in [1.54, 1.807) is 0 Å². The maximum Gasteiger partial charge on any atom is 0.336 e. The molecule has 28 heavy (non-hydrogen) atoms. The molecule has 146 valence electrons. The standard InChI is InChI=1S/C19H15ClFNO5S/c20-10-2-3-16(15(21)6-10)28(26,27)22-11-7-13(18(24)25)12-9-17(23)19(4-1-5-19)14(12)8-11/h2-3,6-8,22H,1,4-5,9H2,(H,24,25). The Bertz CT molecular complexity index is 1140. The Morgan fingerprint density at radius 3 is 2.50 bits per heavy atom. The first-order valence-electron chi connectivity index (χ1n) is 8.56. The lowest BCUT2D eigenvalue weighted by Crippen LogP contribution is -2.39. The molecule has 0 unspecified atom stereocenters. The average molecular weight is 424 g/mol. The first-order valence-corrected chi connectivity index (χ1v) is 10.4. The van der Waals surface area contributed by atoms with E-state index in [1.165, 1.54) is 12.1 Å². The van der Waals surface area contributed by atoms with Crippen LogP contribution >= 0.6 is 11.6 Å². The molecule has 2 aliphatic carbocycles. The third-order valence-electron chi connectivity index (χ3n) is 5.51. The average Bonchev–Trinajstić information content (AvgIpc) is 2.84. The largest absolute Gasteiger partial charge is 0.478 e. The molecule has 2 aromatic carbocycles. The fourth-order valence-electron chi connectivity index (χ4n) is 4.00. The van der Waals surface area contributed by atoms with E-state index in [2.05, 4.69) is 4.72 Å². The zero-order valence-electron chi connectivity index (χ0n) is 14.5. The number of sulfonamides is 1. The number of ketones is 1. The van der Waals surface area contributed by atoms with Gasteiger partial charge in [0.2, 0.25) is 0 Å². The van der Waals surface area contributed by atoms with Gasteiger partial charge in [-0.1, -0.05) is 18.0 Å². The molecule has 2 aliphatic rings. The van der Waals surface area contributed by atoms with Crippen molar-refractivity contribution in [2.75, 3.05) is 4.72 Å². The predicted octanol–water partition coefficient (Wildman–Crippen LogP) is 3.53. The molecule has 0 amide bonds. The quantitative estimate of drug-likeness (QED) is 0.783. The lowest BCUT2D eigenvalue weighted by atomic mass is 9.64. The van der Waals surface area contributed by atoms with E-state index in [0.29, 0.717) is 24.0 Å². The molecule has 4 rings (SSSR count). The number of hydrogen-bond acceptors (Lipinski definition) is 4. The summed E-state index contributed by atoms with van der Waals surface area (Å²) in [6.07, 6.45) is 2.09. The summed E-state index contributed by atoms with van der Waals surface area (Å²) in [5.41, 5.74) is 0.109. The van der Waals surface area contributed by atoms with Gasteiger partial charge in [0.15, 0.2) is 0 Å². The molecule has 1 spiro atoms. The Morgan fingerprint density at radius 2 is 1.93 bits per heavy atom. The summed E-state index contributed by atoms with van der Waals surface area (Å²) in [4.78, 5) is 23.6.